The zero-order valence-corrected chi connectivity index (χ0v) is 16.5. The molecule has 3 rings (SSSR count). The van der Waals surface area contributed by atoms with Gasteiger partial charge in [-0.05, 0) is 48.5 Å². The second kappa shape index (κ2) is 9.39. The highest BCUT2D eigenvalue weighted by atomic mass is 35.5. The molecule has 28 heavy (non-hydrogen) atoms. The molecule has 0 aliphatic carbocycles. The first-order valence-electron chi connectivity index (χ1n) is 8.54. The van der Waals surface area contributed by atoms with E-state index in [0.29, 0.717) is 27.6 Å². The van der Waals surface area contributed by atoms with E-state index in [-0.39, 0.29) is 6.61 Å². The van der Waals surface area contributed by atoms with Crippen molar-refractivity contribution < 1.29 is 28.5 Å². The highest BCUT2D eigenvalue weighted by Crippen LogP contribution is 2.26. The fraction of sp³-hybridized carbons (Fsp3) is 0.300. The molecule has 3 atom stereocenters. The molecule has 2 aromatic rings. The minimum Gasteiger partial charge on any atom is -0.459 e. The largest absolute Gasteiger partial charge is 0.459 e. The van der Waals surface area contributed by atoms with E-state index in [0.717, 1.165) is 0 Å². The second-order valence-corrected chi connectivity index (χ2v) is 7.00. The molecule has 0 saturated carbocycles. The van der Waals surface area contributed by atoms with Crippen LogP contribution in [-0.4, -0.2) is 44.2 Å². The van der Waals surface area contributed by atoms with Crippen LogP contribution in [0.3, 0.4) is 0 Å². The average molecular weight is 425 g/mol. The van der Waals surface area contributed by atoms with E-state index in [4.69, 9.17) is 42.1 Å². The molecule has 1 heterocycles. The number of halogens is 2. The summed E-state index contributed by atoms with van der Waals surface area (Å²) >= 11 is 11.6. The summed E-state index contributed by atoms with van der Waals surface area (Å²) in [6, 6.07) is 12.7. The Bertz CT molecular complexity index is 822. The maximum atomic E-state index is 12.4. The molecule has 1 fully saturated rings. The molecule has 148 valence electrons. The van der Waals surface area contributed by atoms with Gasteiger partial charge in [0.1, 0.15) is 18.8 Å². The number of methoxy groups -OCH3 is 1. The topological polar surface area (TPSA) is 71.1 Å². The van der Waals surface area contributed by atoms with Crippen LogP contribution in [-0.2, 0) is 18.9 Å². The molecule has 1 unspecified atom stereocenters. The van der Waals surface area contributed by atoms with Gasteiger partial charge in [-0.3, -0.25) is 0 Å². The zero-order chi connectivity index (χ0) is 20.1. The van der Waals surface area contributed by atoms with Crippen LogP contribution >= 0.6 is 23.2 Å². The van der Waals surface area contributed by atoms with E-state index in [1.165, 1.54) is 7.11 Å². The van der Waals surface area contributed by atoms with E-state index < -0.39 is 30.4 Å². The van der Waals surface area contributed by atoms with Gasteiger partial charge in [0, 0.05) is 23.6 Å². The van der Waals surface area contributed by atoms with Crippen LogP contribution in [0.5, 0.6) is 0 Å². The van der Waals surface area contributed by atoms with Crippen molar-refractivity contribution in [2.75, 3.05) is 13.7 Å². The van der Waals surface area contributed by atoms with Crippen molar-refractivity contribution in [1.29, 1.82) is 0 Å². The van der Waals surface area contributed by atoms with Crippen molar-refractivity contribution in [1.82, 2.24) is 0 Å². The van der Waals surface area contributed by atoms with Gasteiger partial charge in [-0.1, -0.05) is 23.2 Å². The van der Waals surface area contributed by atoms with Gasteiger partial charge in [0.05, 0.1) is 11.1 Å². The number of carbonyl (C=O) groups is 2. The number of carbonyl (C=O) groups excluding carboxylic acids is 2. The molecule has 1 aliphatic heterocycles. The lowest BCUT2D eigenvalue weighted by Crippen LogP contribution is -2.32. The third-order valence-corrected chi connectivity index (χ3v) is 4.73. The van der Waals surface area contributed by atoms with Crippen molar-refractivity contribution in [3.63, 3.8) is 0 Å². The minimum absolute atomic E-state index is 0.0834. The monoisotopic (exact) mass is 424 g/mol. The predicted octanol–water partition coefficient (Wildman–Crippen LogP) is 4.14. The average Bonchev–Trinajstić information content (AvgIpc) is 3.09. The summed E-state index contributed by atoms with van der Waals surface area (Å²) in [6.45, 7) is -0.0834. The third kappa shape index (κ3) is 5.23. The lowest BCUT2D eigenvalue weighted by atomic mass is 10.1. The van der Waals surface area contributed by atoms with Gasteiger partial charge >= 0.3 is 11.9 Å². The lowest BCUT2D eigenvalue weighted by molar-refractivity contribution is -0.128. The van der Waals surface area contributed by atoms with Crippen LogP contribution in [0, 0.1) is 0 Å². The van der Waals surface area contributed by atoms with Gasteiger partial charge in [-0.25, -0.2) is 9.59 Å². The predicted molar refractivity (Wildman–Crippen MR) is 103 cm³/mol. The molecule has 0 radical (unpaired) electrons. The molecule has 0 N–H and O–H groups in total. The van der Waals surface area contributed by atoms with E-state index in [2.05, 4.69) is 0 Å². The van der Waals surface area contributed by atoms with Crippen LogP contribution in [0.25, 0.3) is 0 Å². The molecular weight excluding hydrogens is 407 g/mol. The van der Waals surface area contributed by atoms with Crippen molar-refractivity contribution in [2.45, 2.75) is 24.9 Å². The highest BCUT2D eigenvalue weighted by Gasteiger charge is 2.39. The van der Waals surface area contributed by atoms with Gasteiger partial charge in [0.15, 0.2) is 6.29 Å². The van der Waals surface area contributed by atoms with Crippen LogP contribution in [0.4, 0.5) is 0 Å². The number of benzene rings is 2. The molecule has 1 saturated heterocycles. The molecule has 0 spiro atoms. The molecule has 2 aromatic carbocycles. The van der Waals surface area contributed by atoms with Crippen molar-refractivity contribution in [2.24, 2.45) is 0 Å². The smallest absolute Gasteiger partial charge is 0.338 e. The summed E-state index contributed by atoms with van der Waals surface area (Å²) in [7, 11) is 1.49. The number of hydrogen-bond acceptors (Lipinski definition) is 6. The number of ether oxygens (including phenoxy) is 4. The summed E-state index contributed by atoms with van der Waals surface area (Å²) in [5, 5.41) is 1.04. The first-order chi connectivity index (χ1) is 13.5. The Kier molecular flexibility index (Phi) is 6.91. The molecule has 6 nitrogen and oxygen atoms in total. The highest BCUT2D eigenvalue weighted by molar-refractivity contribution is 6.30. The minimum atomic E-state index is -0.641. The van der Waals surface area contributed by atoms with Crippen LogP contribution in [0.1, 0.15) is 27.1 Å². The first kappa shape index (κ1) is 20.6. The van der Waals surface area contributed by atoms with E-state index in [1.807, 2.05) is 0 Å². The Morgan fingerprint density at radius 2 is 1.50 bits per heavy atom. The lowest BCUT2D eigenvalue weighted by Gasteiger charge is -2.18. The Morgan fingerprint density at radius 1 is 0.964 bits per heavy atom. The maximum Gasteiger partial charge on any atom is 0.338 e. The Labute approximate surface area is 172 Å². The summed E-state index contributed by atoms with van der Waals surface area (Å²) in [5.41, 5.74) is 0.725. The van der Waals surface area contributed by atoms with Crippen LogP contribution in [0.15, 0.2) is 48.5 Å². The van der Waals surface area contributed by atoms with Gasteiger partial charge < -0.3 is 18.9 Å². The fourth-order valence-electron chi connectivity index (χ4n) is 2.72. The number of hydrogen-bond donors (Lipinski definition) is 0. The SMILES string of the molecule is COC1C[C@@H](OC(=O)c2ccc(Cl)cc2)[C@H](COC(=O)c2ccc(Cl)cc2)O1. The molecular formula is C20H18Cl2O6. The van der Waals surface area contributed by atoms with Gasteiger partial charge in [-0.15, -0.1) is 0 Å². The van der Waals surface area contributed by atoms with E-state index in [1.54, 1.807) is 48.5 Å². The van der Waals surface area contributed by atoms with Gasteiger partial charge in [0.2, 0.25) is 0 Å². The maximum absolute atomic E-state index is 12.4. The van der Waals surface area contributed by atoms with Crippen LogP contribution < -0.4 is 0 Å². The van der Waals surface area contributed by atoms with Crippen LogP contribution in [0.2, 0.25) is 10.0 Å². The van der Waals surface area contributed by atoms with E-state index in [9.17, 15) is 9.59 Å². The van der Waals surface area contributed by atoms with Crippen molar-refractivity contribution in [3.8, 4) is 0 Å². The van der Waals surface area contributed by atoms with E-state index >= 15 is 0 Å². The number of esters is 2. The van der Waals surface area contributed by atoms with Crippen molar-refractivity contribution >= 4 is 35.1 Å². The summed E-state index contributed by atoms with van der Waals surface area (Å²) < 4.78 is 21.7. The van der Waals surface area contributed by atoms with Gasteiger partial charge in [-0.2, -0.15) is 0 Å². The summed E-state index contributed by atoms with van der Waals surface area (Å²) in [6.07, 6.45) is -1.48. The summed E-state index contributed by atoms with van der Waals surface area (Å²) in [5.74, 6) is -1.04. The summed E-state index contributed by atoms with van der Waals surface area (Å²) in [4.78, 5) is 24.5. The quantitative estimate of drug-likeness (QED) is 0.648. The molecule has 1 aliphatic rings. The molecule has 0 amide bonds. The second-order valence-electron chi connectivity index (χ2n) is 6.13. The standard InChI is InChI=1S/C20H18Cl2O6/c1-25-18-10-16(28-20(24)13-4-8-15(22)9-5-13)17(27-18)11-26-19(23)12-2-6-14(21)7-3-12/h2-9,16-18H,10-11H2,1H3/t16-,17+,18?/m1/s1. The molecule has 8 heteroatoms. The number of rotatable bonds is 6. The van der Waals surface area contributed by atoms with Gasteiger partial charge in [0.25, 0.3) is 0 Å². The Morgan fingerprint density at radius 3 is 2.04 bits per heavy atom. The Balaban J connectivity index is 1.61. The Hall–Kier alpha value is -2.12. The normalized spacial score (nSPS) is 21.3. The zero-order valence-electron chi connectivity index (χ0n) is 15.0. The molecule has 0 aromatic heterocycles. The fourth-order valence-corrected chi connectivity index (χ4v) is 2.97. The third-order valence-electron chi connectivity index (χ3n) is 4.23. The first-order valence-corrected chi connectivity index (χ1v) is 9.29. The van der Waals surface area contributed by atoms with Crippen molar-refractivity contribution in [3.05, 3.63) is 69.7 Å². The molecule has 0 bridgehead atoms.